The Morgan fingerprint density at radius 3 is 2.28 bits per heavy atom. The molecule has 0 aliphatic carbocycles. The first kappa shape index (κ1) is 18.5. The molecule has 0 atom stereocenters. The third-order valence-corrected chi connectivity index (χ3v) is 3.79. The Labute approximate surface area is 144 Å². The molecule has 1 aliphatic rings. The van der Waals surface area contributed by atoms with Crippen molar-refractivity contribution in [1.29, 1.82) is 0 Å². The van der Waals surface area contributed by atoms with Crippen molar-refractivity contribution in [2.24, 2.45) is 0 Å². The molecule has 0 unspecified atom stereocenters. The van der Waals surface area contributed by atoms with E-state index in [1.165, 1.54) is 29.0 Å². The quantitative estimate of drug-likeness (QED) is 0.617. The molecule has 0 spiro atoms. The molecule has 2 heterocycles. The van der Waals surface area contributed by atoms with Gasteiger partial charge in [-0.2, -0.15) is 0 Å². The second-order valence-corrected chi connectivity index (χ2v) is 5.50. The predicted octanol–water partition coefficient (Wildman–Crippen LogP) is 0.675. The summed E-state index contributed by atoms with van der Waals surface area (Å²) in [5.41, 5.74) is 0.485. The molecule has 1 saturated heterocycles. The molecule has 1 N–H and O–H groups in total. The van der Waals surface area contributed by atoms with Gasteiger partial charge in [0.25, 0.3) is 5.91 Å². The number of ether oxygens (including phenoxy) is 2. The number of ketones is 1. The number of nitrogens with one attached hydrogen (secondary N) is 1. The summed E-state index contributed by atoms with van der Waals surface area (Å²) in [5.74, 6) is -1.22. The van der Waals surface area contributed by atoms with Crippen LogP contribution in [-0.2, 0) is 14.3 Å². The fourth-order valence-corrected chi connectivity index (χ4v) is 2.36. The highest BCUT2D eigenvalue weighted by Gasteiger charge is 2.25. The van der Waals surface area contributed by atoms with Crippen LogP contribution in [0.15, 0.2) is 12.3 Å². The van der Waals surface area contributed by atoms with Gasteiger partial charge in [0.1, 0.15) is 5.69 Å². The molecule has 9 heteroatoms. The topological polar surface area (TPSA) is 109 Å². The van der Waals surface area contributed by atoms with Crippen molar-refractivity contribution in [2.75, 3.05) is 39.4 Å². The van der Waals surface area contributed by atoms with Crippen LogP contribution in [0.1, 0.15) is 34.7 Å². The van der Waals surface area contributed by atoms with Crippen molar-refractivity contribution in [3.8, 4) is 0 Å². The summed E-state index contributed by atoms with van der Waals surface area (Å²) in [6.07, 6.45) is 1.02. The largest absolute Gasteiger partial charge is 0.451 e. The number of nitrogens with zero attached hydrogens (tertiary/aromatic N) is 2. The predicted molar refractivity (Wildman–Crippen MR) is 86.3 cm³/mol. The number of rotatable bonds is 5. The van der Waals surface area contributed by atoms with Crippen LogP contribution < -0.4 is 0 Å². The van der Waals surface area contributed by atoms with Gasteiger partial charge in [-0.05, 0) is 19.9 Å². The summed E-state index contributed by atoms with van der Waals surface area (Å²) < 4.78 is 9.88. The van der Waals surface area contributed by atoms with Crippen LogP contribution in [0.2, 0.25) is 0 Å². The molecule has 9 nitrogen and oxygen atoms in total. The lowest BCUT2D eigenvalue weighted by Gasteiger charge is -2.33. The summed E-state index contributed by atoms with van der Waals surface area (Å²) in [6.45, 7) is 4.48. The Kier molecular flexibility index (Phi) is 6.15. The van der Waals surface area contributed by atoms with Gasteiger partial charge < -0.3 is 24.3 Å². The highest BCUT2D eigenvalue weighted by atomic mass is 16.6. The summed E-state index contributed by atoms with van der Waals surface area (Å²) in [6, 6.07) is 1.38. The number of carbonyl (C=O) groups is 4. The van der Waals surface area contributed by atoms with E-state index in [0.29, 0.717) is 38.3 Å². The van der Waals surface area contributed by atoms with Gasteiger partial charge in [-0.25, -0.2) is 9.59 Å². The Hall–Kier alpha value is -2.84. The number of Topliss-reactive ketones (excluding diaryl/α,β-unsaturated/α-hetero) is 1. The first-order valence-electron chi connectivity index (χ1n) is 7.98. The Balaban J connectivity index is 1.78. The van der Waals surface area contributed by atoms with Crippen molar-refractivity contribution in [3.63, 3.8) is 0 Å². The van der Waals surface area contributed by atoms with Crippen LogP contribution in [0.25, 0.3) is 0 Å². The van der Waals surface area contributed by atoms with E-state index in [9.17, 15) is 19.2 Å². The van der Waals surface area contributed by atoms with Gasteiger partial charge in [-0.1, -0.05) is 0 Å². The molecule has 136 valence electrons. The van der Waals surface area contributed by atoms with Gasteiger partial charge >= 0.3 is 12.1 Å². The molecule has 0 radical (unpaired) electrons. The monoisotopic (exact) mass is 351 g/mol. The smallest absolute Gasteiger partial charge is 0.409 e. The van der Waals surface area contributed by atoms with Crippen molar-refractivity contribution in [1.82, 2.24) is 14.8 Å². The summed E-state index contributed by atoms with van der Waals surface area (Å²) in [5, 5.41) is 0. The van der Waals surface area contributed by atoms with E-state index in [4.69, 9.17) is 9.47 Å². The molecule has 0 aromatic carbocycles. The number of H-pyrrole nitrogens is 1. The molecule has 2 amide bonds. The maximum atomic E-state index is 12.1. The molecule has 2 rings (SSSR count). The summed E-state index contributed by atoms with van der Waals surface area (Å²) in [4.78, 5) is 52.5. The minimum absolute atomic E-state index is 0.116. The number of hydrogen-bond donors (Lipinski definition) is 1. The minimum Gasteiger partial charge on any atom is -0.451 e. The number of hydrogen-bond acceptors (Lipinski definition) is 6. The van der Waals surface area contributed by atoms with E-state index >= 15 is 0 Å². The SMILES string of the molecule is CCOC(=O)N1CCN(C(=O)COC(=O)c2cc(C(C)=O)c[nH]2)CC1. The van der Waals surface area contributed by atoms with E-state index in [2.05, 4.69) is 4.98 Å². The zero-order valence-electron chi connectivity index (χ0n) is 14.2. The third-order valence-electron chi connectivity index (χ3n) is 3.79. The number of aromatic nitrogens is 1. The fourth-order valence-electron chi connectivity index (χ4n) is 2.36. The van der Waals surface area contributed by atoms with Crippen LogP contribution in [0.5, 0.6) is 0 Å². The Morgan fingerprint density at radius 1 is 1.08 bits per heavy atom. The molecular formula is C16H21N3O6. The van der Waals surface area contributed by atoms with E-state index in [1.54, 1.807) is 6.92 Å². The first-order valence-corrected chi connectivity index (χ1v) is 7.98. The maximum absolute atomic E-state index is 12.1. The van der Waals surface area contributed by atoms with Gasteiger partial charge in [0.15, 0.2) is 12.4 Å². The van der Waals surface area contributed by atoms with E-state index < -0.39 is 18.7 Å². The maximum Gasteiger partial charge on any atom is 0.409 e. The minimum atomic E-state index is -0.703. The number of amides is 2. The second kappa shape index (κ2) is 8.32. The summed E-state index contributed by atoms with van der Waals surface area (Å²) in [7, 11) is 0. The van der Waals surface area contributed by atoms with Crippen LogP contribution in [0, 0.1) is 0 Å². The van der Waals surface area contributed by atoms with Crippen LogP contribution in [-0.4, -0.2) is 77.9 Å². The zero-order valence-corrected chi connectivity index (χ0v) is 14.2. The highest BCUT2D eigenvalue weighted by Crippen LogP contribution is 2.07. The number of carbonyl (C=O) groups excluding carboxylic acids is 4. The van der Waals surface area contributed by atoms with Gasteiger partial charge in [-0.15, -0.1) is 0 Å². The van der Waals surface area contributed by atoms with Crippen LogP contribution >= 0.6 is 0 Å². The molecule has 1 aromatic heterocycles. The first-order chi connectivity index (χ1) is 11.9. The van der Waals surface area contributed by atoms with Gasteiger partial charge in [-0.3, -0.25) is 9.59 Å². The molecule has 0 bridgehead atoms. The number of aromatic amines is 1. The van der Waals surface area contributed by atoms with Crippen LogP contribution in [0.4, 0.5) is 4.79 Å². The number of piperazine rings is 1. The van der Waals surface area contributed by atoms with Crippen LogP contribution in [0.3, 0.4) is 0 Å². The average molecular weight is 351 g/mol. The molecule has 1 aliphatic heterocycles. The lowest BCUT2D eigenvalue weighted by atomic mass is 10.2. The Morgan fingerprint density at radius 2 is 1.72 bits per heavy atom. The van der Waals surface area contributed by atoms with Gasteiger partial charge in [0.2, 0.25) is 0 Å². The molecule has 1 fully saturated rings. The zero-order chi connectivity index (χ0) is 18.4. The van der Waals surface area contributed by atoms with E-state index in [0.717, 1.165) is 0 Å². The molecule has 1 aromatic rings. The summed E-state index contributed by atoms with van der Waals surface area (Å²) >= 11 is 0. The average Bonchev–Trinajstić information content (AvgIpc) is 3.10. The van der Waals surface area contributed by atoms with E-state index in [1.807, 2.05) is 0 Å². The lowest BCUT2D eigenvalue weighted by molar-refractivity contribution is -0.136. The highest BCUT2D eigenvalue weighted by molar-refractivity contribution is 5.97. The normalized spacial score (nSPS) is 14.2. The van der Waals surface area contributed by atoms with Gasteiger partial charge in [0, 0.05) is 37.9 Å². The standard InChI is InChI=1S/C16H21N3O6/c1-3-24-16(23)19-6-4-18(5-7-19)14(21)10-25-15(22)13-8-12(9-17-13)11(2)20/h8-9,17H,3-7,10H2,1-2H3. The molecular weight excluding hydrogens is 330 g/mol. The van der Waals surface area contributed by atoms with Crippen molar-refractivity contribution >= 4 is 23.8 Å². The van der Waals surface area contributed by atoms with E-state index in [-0.39, 0.29) is 17.4 Å². The lowest BCUT2D eigenvalue weighted by Crippen LogP contribution is -2.51. The molecule has 0 saturated carbocycles. The Bertz CT molecular complexity index is 661. The van der Waals surface area contributed by atoms with Crippen molar-refractivity contribution in [2.45, 2.75) is 13.8 Å². The van der Waals surface area contributed by atoms with Crippen molar-refractivity contribution in [3.05, 3.63) is 23.5 Å². The molecule has 25 heavy (non-hydrogen) atoms. The fraction of sp³-hybridized carbons (Fsp3) is 0.500. The second-order valence-electron chi connectivity index (χ2n) is 5.50. The van der Waals surface area contributed by atoms with Crippen molar-refractivity contribution < 1.29 is 28.7 Å². The van der Waals surface area contributed by atoms with Gasteiger partial charge in [0.05, 0.1) is 6.61 Å². The third kappa shape index (κ3) is 4.82. The number of esters is 1.